The summed E-state index contributed by atoms with van der Waals surface area (Å²) in [6.45, 7) is 9.01. The van der Waals surface area contributed by atoms with E-state index in [1.807, 2.05) is 11.6 Å². The molecule has 4 nitrogen and oxygen atoms in total. The third kappa shape index (κ3) is 4.16. The fourth-order valence-corrected chi connectivity index (χ4v) is 2.93. The lowest BCUT2D eigenvalue weighted by atomic mass is 9.89. The van der Waals surface area contributed by atoms with E-state index in [0.29, 0.717) is 12.6 Å². The van der Waals surface area contributed by atoms with Crippen molar-refractivity contribution in [1.82, 2.24) is 10.3 Å². The number of hydrogen-bond acceptors (Lipinski definition) is 5. The summed E-state index contributed by atoms with van der Waals surface area (Å²) >= 11 is 1.71. The first kappa shape index (κ1) is 14.8. The Morgan fingerprint density at radius 1 is 1.47 bits per heavy atom. The summed E-state index contributed by atoms with van der Waals surface area (Å²) in [5, 5.41) is 16.7. The first-order valence-corrected chi connectivity index (χ1v) is 7.90. The molecule has 5 heteroatoms. The molecule has 2 heterocycles. The van der Waals surface area contributed by atoms with Crippen molar-refractivity contribution in [2.24, 2.45) is 5.41 Å². The van der Waals surface area contributed by atoms with Crippen LogP contribution in [0.5, 0.6) is 0 Å². The summed E-state index contributed by atoms with van der Waals surface area (Å²) in [6, 6.07) is 0.521. The van der Waals surface area contributed by atoms with Gasteiger partial charge in [-0.1, -0.05) is 20.8 Å². The number of thiazole rings is 1. The Kier molecular flexibility index (Phi) is 4.81. The highest BCUT2D eigenvalue weighted by molar-refractivity contribution is 7.13. The molecule has 19 heavy (non-hydrogen) atoms. The molecule has 1 fully saturated rings. The SMILES string of the molecule is CC(C)(C)C(O)CNC1CCN(c2nccs2)CC1. The lowest BCUT2D eigenvalue weighted by Gasteiger charge is -2.34. The Morgan fingerprint density at radius 2 is 2.16 bits per heavy atom. The van der Waals surface area contributed by atoms with Gasteiger partial charge in [-0.3, -0.25) is 0 Å². The molecule has 0 saturated carbocycles. The fraction of sp³-hybridized carbons (Fsp3) is 0.786. The highest BCUT2D eigenvalue weighted by Gasteiger charge is 2.25. The molecule has 1 aromatic heterocycles. The maximum absolute atomic E-state index is 10.0. The van der Waals surface area contributed by atoms with Gasteiger partial charge in [0.15, 0.2) is 5.13 Å². The van der Waals surface area contributed by atoms with Crippen molar-refractivity contribution < 1.29 is 5.11 Å². The number of aliphatic hydroxyl groups excluding tert-OH is 1. The van der Waals surface area contributed by atoms with Crippen molar-refractivity contribution in [2.75, 3.05) is 24.5 Å². The van der Waals surface area contributed by atoms with E-state index < -0.39 is 0 Å². The molecule has 0 radical (unpaired) electrons. The van der Waals surface area contributed by atoms with Crippen LogP contribution in [-0.4, -0.2) is 41.9 Å². The lowest BCUT2D eigenvalue weighted by Crippen LogP contribution is -2.46. The number of nitrogens with one attached hydrogen (secondary N) is 1. The van der Waals surface area contributed by atoms with Gasteiger partial charge in [0.2, 0.25) is 0 Å². The number of rotatable bonds is 4. The highest BCUT2D eigenvalue weighted by atomic mass is 32.1. The predicted octanol–water partition coefficient (Wildman–Crippen LogP) is 2.11. The minimum atomic E-state index is -0.288. The van der Waals surface area contributed by atoms with Gasteiger partial charge in [-0.05, 0) is 18.3 Å². The lowest BCUT2D eigenvalue weighted by molar-refractivity contribution is 0.0596. The molecule has 2 N–H and O–H groups in total. The topological polar surface area (TPSA) is 48.4 Å². The van der Waals surface area contributed by atoms with E-state index in [2.05, 4.69) is 36.0 Å². The van der Waals surface area contributed by atoms with Crippen LogP contribution in [0.4, 0.5) is 5.13 Å². The van der Waals surface area contributed by atoms with Gasteiger partial charge in [0.05, 0.1) is 6.10 Å². The van der Waals surface area contributed by atoms with Crippen LogP contribution in [0, 0.1) is 5.41 Å². The number of anilines is 1. The number of hydrogen-bond donors (Lipinski definition) is 2. The molecule has 1 aliphatic heterocycles. The Labute approximate surface area is 119 Å². The zero-order chi connectivity index (χ0) is 13.9. The number of nitrogens with zero attached hydrogens (tertiary/aromatic N) is 2. The van der Waals surface area contributed by atoms with Crippen LogP contribution in [0.15, 0.2) is 11.6 Å². The highest BCUT2D eigenvalue weighted by Crippen LogP contribution is 2.22. The maximum Gasteiger partial charge on any atom is 0.185 e. The van der Waals surface area contributed by atoms with Gasteiger partial charge in [-0.25, -0.2) is 4.98 Å². The Bertz CT molecular complexity index is 367. The van der Waals surface area contributed by atoms with Crippen molar-refractivity contribution >= 4 is 16.5 Å². The molecule has 1 aliphatic rings. The van der Waals surface area contributed by atoms with E-state index in [1.54, 1.807) is 11.3 Å². The van der Waals surface area contributed by atoms with Crippen LogP contribution in [0.2, 0.25) is 0 Å². The van der Waals surface area contributed by atoms with E-state index in [1.165, 1.54) is 0 Å². The summed E-state index contributed by atoms with van der Waals surface area (Å²) < 4.78 is 0. The maximum atomic E-state index is 10.0. The van der Waals surface area contributed by atoms with Gasteiger partial charge in [0, 0.05) is 37.3 Å². The molecule has 0 aromatic carbocycles. The molecule has 0 aliphatic carbocycles. The molecule has 0 amide bonds. The average molecular weight is 283 g/mol. The van der Waals surface area contributed by atoms with Crippen molar-refractivity contribution in [3.63, 3.8) is 0 Å². The zero-order valence-electron chi connectivity index (χ0n) is 12.1. The van der Waals surface area contributed by atoms with Crippen molar-refractivity contribution in [3.05, 3.63) is 11.6 Å². The summed E-state index contributed by atoms with van der Waals surface area (Å²) in [5.41, 5.74) is -0.0470. The molecule has 0 spiro atoms. The smallest absolute Gasteiger partial charge is 0.185 e. The summed E-state index contributed by atoms with van der Waals surface area (Å²) in [7, 11) is 0. The largest absolute Gasteiger partial charge is 0.391 e. The quantitative estimate of drug-likeness (QED) is 0.888. The Hall–Kier alpha value is -0.650. The number of aliphatic hydroxyl groups is 1. The number of piperidine rings is 1. The van der Waals surface area contributed by atoms with Gasteiger partial charge >= 0.3 is 0 Å². The van der Waals surface area contributed by atoms with E-state index in [9.17, 15) is 5.11 Å². The van der Waals surface area contributed by atoms with E-state index in [0.717, 1.165) is 31.1 Å². The standard InChI is InChI=1S/C14H25N3OS/c1-14(2,3)12(18)10-16-11-4-7-17(8-5-11)13-15-6-9-19-13/h6,9,11-12,16,18H,4-5,7-8,10H2,1-3H3. The second-order valence-corrected chi connectivity index (χ2v) is 7.24. The minimum absolute atomic E-state index is 0.0470. The Morgan fingerprint density at radius 3 is 2.68 bits per heavy atom. The normalized spacial score (nSPS) is 19.7. The van der Waals surface area contributed by atoms with Crippen LogP contribution in [-0.2, 0) is 0 Å². The summed E-state index contributed by atoms with van der Waals surface area (Å²) in [4.78, 5) is 6.71. The van der Waals surface area contributed by atoms with E-state index in [-0.39, 0.29) is 11.5 Å². The van der Waals surface area contributed by atoms with Crippen LogP contribution < -0.4 is 10.2 Å². The molecular formula is C14H25N3OS. The van der Waals surface area contributed by atoms with E-state index in [4.69, 9.17) is 0 Å². The molecule has 1 saturated heterocycles. The predicted molar refractivity (Wildman–Crippen MR) is 80.8 cm³/mol. The van der Waals surface area contributed by atoms with E-state index >= 15 is 0 Å². The molecule has 1 unspecified atom stereocenters. The average Bonchev–Trinajstić information content (AvgIpc) is 2.89. The van der Waals surface area contributed by atoms with Crippen molar-refractivity contribution in [1.29, 1.82) is 0 Å². The molecule has 1 aromatic rings. The van der Waals surface area contributed by atoms with Crippen LogP contribution in [0.25, 0.3) is 0 Å². The molecule has 1 atom stereocenters. The second kappa shape index (κ2) is 6.20. The van der Waals surface area contributed by atoms with Gasteiger partial charge < -0.3 is 15.3 Å². The fourth-order valence-electron chi connectivity index (χ4n) is 2.23. The monoisotopic (exact) mass is 283 g/mol. The molecule has 0 bridgehead atoms. The van der Waals surface area contributed by atoms with Gasteiger partial charge in [-0.2, -0.15) is 0 Å². The van der Waals surface area contributed by atoms with Crippen molar-refractivity contribution in [3.8, 4) is 0 Å². The van der Waals surface area contributed by atoms with Gasteiger partial charge in [0.1, 0.15) is 0 Å². The number of aromatic nitrogens is 1. The first-order chi connectivity index (χ1) is 8.97. The van der Waals surface area contributed by atoms with Gasteiger partial charge in [-0.15, -0.1) is 11.3 Å². The molecular weight excluding hydrogens is 258 g/mol. The third-order valence-electron chi connectivity index (χ3n) is 3.78. The van der Waals surface area contributed by atoms with Crippen molar-refractivity contribution in [2.45, 2.75) is 45.8 Å². The van der Waals surface area contributed by atoms with Crippen LogP contribution >= 0.6 is 11.3 Å². The second-order valence-electron chi connectivity index (χ2n) is 6.37. The Balaban J connectivity index is 1.72. The zero-order valence-corrected chi connectivity index (χ0v) is 12.9. The summed E-state index contributed by atoms with van der Waals surface area (Å²) in [6.07, 6.45) is 3.82. The molecule has 2 rings (SSSR count). The third-order valence-corrected chi connectivity index (χ3v) is 4.62. The van der Waals surface area contributed by atoms with Gasteiger partial charge in [0.25, 0.3) is 0 Å². The van der Waals surface area contributed by atoms with Crippen LogP contribution in [0.1, 0.15) is 33.6 Å². The summed E-state index contributed by atoms with van der Waals surface area (Å²) in [5.74, 6) is 0. The minimum Gasteiger partial charge on any atom is -0.391 e. The van der Waals surface area contributed by atoms with Crippen LogP contribution in [0.3, 0.4) is 0 Å². The first-order valence-electron chi connectivity index (χ1n) is 7.02. The molecule has 108 valence electrons.